The van der Waals surface area contributed by atoms with Crippen LogP contribution in [-0.2, 0) is 26.2 Å². The average molecular weight is 613 g/mol. The zero-order chi connectivity index (χ0) is 32.0. The largest absolute Gasteiger partial charge is 0.497 e. The number of fused-ring (bicyclic) bond motifs is 1. The van der Waals surface area contributed by atoms with Gasteiger partial charge in [-0.2, -0.15) is 0 Å². The zero-order valence-electron chi connectivity index (χ0n) is 26.3. The lowest BCUT2D eigenvalue weighted by Gasteiger charge is -2.39. The third kappa shape index (κ3) is 6.98. The fraction of sp³-hybridized carbons (Fsp3) is 0.581. The van der Waals surface area contributed by atoms with Crippen LogP contribution in [0.15, 0.2) is 18.2 Å². The number of rotatable bonds is 10. The van der Waals surface area contributed by atoms with Gasteiger partial charge in [0.2, 0.25) is 11.8 Å². The molecule has 4 amide bonds. The number of piperazine rings is 1. The highest BCUT2D eigenvalue weighted by atomic mass is 16.5. The highest BCUT2D eigenvalue weighted by Crippen LogP contribution is 2.31. The molecule has 13 nitrogen and oxygen atoms in total. The van der Waals surface area contributed by atoms with Crippen molar-refractivity contribution >= 4 is 40.5 Å². The predicted molar refractivity (Wildman–Crippen MR) is 163 cm³/mol. The number of likely N-dealkylation sites (N-methyl/N-ethyl adjacent to an activating group) is 2. The number of carbonyl (C=O) groups is 5. The van der Waals surface area contributed by atoms with Gasteiger partial charge in [0.25, 0.3) is 11.8 Å². The molecule has 1 saturated heterocycles. The lowest BCUT2D eigenvalue weighted by Crippen LogP contribution is -2.58. The zero-order valence-corrected chi connectivity index (χ0v) is 26.3. The fourth-order valence-electron chi connectivity index (χ4n) is 6.24. The summed E-state index contributed by atoms with van der Waals surface area (Å²) < 4.78 is 11.8. The van der Waals surface area contributed by atoms with Crippen molar-refractivity contribution in [2.24, 2.45) is 13.0 Å². The average Bonchev–Trinajstić information content (AvgIpc) is 3.34. The Morgan fingerprint density at radius 2 is 1.66 bits per heavy atom. The quantitative estimate of drug-likeness (QED) is 0.379. The number of nitrogens with one attached hydrogen (secondary N) is 2. The van der Waals surface area contributed by atoms with Crippen LogP contribution >= 0.6 is 0 Å². The Hall–Kier alpha value is -4.13. The number of methoxy groups -OCH3 is 2. The minimum Gasteiger partial charge on any atom is -0.497 e. The molecule has 1 aromatic carbocycles. The van der Waals surface area contributed by atoms with Crippen LogP contribution in [0.4, 0.5) is 0 Å². The van der Waals surface area contributed by atoms with Crippen molar-refractivity contribution < 1.29 is 33.4 Å². The Labute approximate surface area is 257 Å². The van der Waals surface area contributed by atoms with E-state index in [1.807, 2.05) is 0 Å². The van der Waals surface area contributed by atoms with Gasteiger partial charge in [0.15, 0.2) is 0 Å². The van der Waals surface area contributed by atoms with Crippen molar-refractivity contribution in [3.8, 4) is 5.75 Å². The van der Waals surface area contributed by atoms with Crippen LogP contribution in [0.2, 0.25) is 0 Å². The number of aryl methyl sites for hydroxylation is 1. The molecule has 240 valence electrons. The first-order chi connectivity index (χ1) is 21.1. The van der Waals surface area contributed by atoms with E-state index in [0.29, 0.717) is 29.7 Å². The monoisotopic (exact) mass is 612 g/mol. The number of hydrogen-bond donors (Lipinski definition) is 2. The maximum absolute atomic E-state index is 14.1. The molecule has 1 aromatic heterocycles. The lowest BCUT2D eigenvalue weighted by atomic mass is 9.83. The smallest absolute Gasteiger partial charge is 0.325 e. The van der Waals surface area contributed by atoms with Gasteiger partial charge in [0.05, 0.1) is 31.8 Å². The van der Waals surface area contributed by atoms with Crippen LogP contribution in [0.25, 0.3) is 10.9 Å². The first-order valence-electron chi connectivity index (χ1n) is 15.1. The van der Waals surface area contributed by atoms with E-state index >= 15 is 0 Å². The number of hydrogen-bond acceptors (Lipinski definition) is 8. The molecule has 0 radical (unpaired) electrons. The number of esters is 1. The highest BCUT2D eigenvalue weighted by molar-refractivity contribution is 6.16. The summed E-state index contributed by atoms with van der Waals surface area (Å²) in [6.07, 6.45) is 4.98. The second-order valence-corrected chi connectivity index (χ2v) is 11.5. The molecule has 2 fully saturated rings. The summed E-state index contributed by atoms with van der Waals surface area (Å²) in [5.74, 6) is -1.10. The summed E-state index contributed by atoms with van der Waals surface area (Å²) in [7, 11) is 7.68. The van der Waals surface area contributed by atoms with Crippen LogP contribution in [0.3, 0.4) is 0 Å². The SMILES string of the molecule is CNCC(=O)NC(C(=O)N1CCN(C(=O)c2c(C(=O)N(C)CC(=O)OC)c3ccc(OC)cc3n2C)CC1)C1CCCCC1. The summed E-state index contributed by atoms with van der Waals surface area (Å²) in [6, 6.07) is 4.61. The molecule has 2 N–H and O–H groups in total. The van der Waals surface area contributed by atoms with Gasteiger partial charge in [-0.3, -0.25) is 24.0 Å². The van der Waals surface area contributed by atoms with E-state index in [0.717, 1.165) is 32.1 Å². The number of carbonyl (C=O) groups excluding carboxylic acids is 5. The molecule has 2 aliphatic rings. The fourth-order valence-corrected chi connectivity index (χ4v) is 6.24. The van der Waals surface area contributed by atoms with Gasteiger partial charge in [0.1, 0.15) is 24.0 Å². The molecule has 1 saturated carbocycles. The van der Waals surface area contributed by atoms with E-state index in [1.165, 1.54) is 26.2 Å². The molecule has 4 rings (SSSR count). The predicted octanol–water partition coefficient (Wildman–Crippen LogP) is 1.00. The van der Waals surface area contributed by atoms with Gasteiger partial charge >= 0.3 is 5.97 Å². The Balaban J connectivity index is 1.57. The van der Waals surface area contributed by atoms with Gasteiger partial charge in [0, 0.05) is 51.7 Å². The number of ether oxygens (including phenoxy) is 2. The van der Waals surface area contributed by atoms with Crippen molar-refractivity contribution in [1.29, 1.82) is 0 Å². The highest BCUT2D eigenvalue weighted by Gasteiger charge is 2.37. The van der Waals surface area contributed by atoms with E-state index in [9.17, 15) is 24.0 Å². The molecular weight excluding hydrogens is 568 g/mol. The summed E-state index contributed by atoms with van der Waals surface area (Å²) in [6.45, 7) is 0.999. The normalized spacial score (nSPS) is 16.4. The summed E-state index contributed by atoms with van der Waals surface area (Å²) in [4.78, 5) is 70.5. The van der Waals surface area contributed by atoms with Gasteiger partial charge in [-0.15, -0.1) is 0 Å². The van der Waals surface area contributed by atoms with Crippen LogP contribution < -0.4 is 15.4 Å². The van der Waals surface area contributed by atoms with Gasteiger partial charge in [-0.25, -0.2) is 0 Å². The second-order valence-electron chi connectivity index (χ2n) is 11.5. The molecule has 1 aliphatic heterocycles. The van der Waals surface area contributed by atoms with Gasteiger partial charge in [-0.1, -0.05) is 19.3 Å². The molecule has 2 heterocycles. The first-order valence-corrected chi connectivity index (χ1v) is 15.1. The molecule has 1 unspecified atom stereocenters. The number of aromatic nitrogens is 1. The molecular formula is C31H44N6O7. The first kappa shape index (κ1) is 32.8. The van der Waals surface area contributed by atoms with E-state index in [-0.39, 0.29) is 61.1 Å². The Kier molecular flexibility index (Phi) is 10.8. The topological polar surface area (TPSA) is 143 Å². The molecule has 2 aromatic rings. The number of nitrogens with zero attached hydrogens (tertiary/aromatic N) is 4. The molecule has 13 heteroatoms. The van der Waals surface area contributed by atoms with E-state index in [2.05, 4.69) is 10.6 Å². The van der Waals surface area contributed by atoms with Crippen LogP contribution in [0, 0.1) is 5.92 Å². The van der Waals surface area contributed by atoms with Crippen molar-refractivity contribution in [3.05, 3.63) is 29.5 Å². The maximum Gasteiger partial charge on any atom is 0.325 e. The minimum atomic E-state index is -0.596. The van der Waals surface area contributed by atoms with Crippen LogP contribution in [0.1, 0.15) is 53.0 Å². The number of amides is 4. The molecule has 0 spiro atoms. The minimum absolute atomic E-state index is 0.0834. The Bertz CT molecular complexity index is 1390. The van der Waals surface area contributed by atoms with E-state index in [1.54, 1.807) is 46.7 Å². The van der Waals surface area contributed by atoms with Crippen molar-refractivity contribution in [2.75, 3.05) is 67.6 Å². The van der Waals surface area contributed by atoms with Crippen molar-refractivity contribution in [3.63, 3.8) is 0 Å². The maximum atomic E-state index is 14.1. The standard InChI is InChI=1S/C31H44N6O7/c1-32-18-24(38)33-27(20-9-7-6-8-10-20)30(41)36-13-15-37(16-14-36)31(42)28-26(29(40)34(2)19-25(39)44-5)22-12-11-21(43-4)17-23(22)35(28)3/h11-12,17,20,27,32H,6-10,13-16,18-19H2,1-5H3,(H,33,38). The Morgan fingerprint density at radius 3 is 2.27 bits per heavy atom. The molecule has 1 aliphatic carbocycles. The van der Waals surface area contributed by atoms with Crippen molar-refractivity contribution in [1.82, 2.24) is 29.9 Å². The second kappa shape index (κ2) is 14.6. The number of benzene rings is 1. The van der Waals surface area contributed by atoms with E-state index in [4.69, 9.17) is 9.47 Å². The molecule has 44 heavy (non-hydrogen) atoms. The summed E-state index contributed by atoms with van der Waals surface area (Å²) in [5, 5.41) is 6.36. The van der Waals surface area contributed by atoms with E-state index < -0.39 is 17.9 Å². The molecule has 0 bridgehead atoms. The Morgan fingerprint density at radius 1 is 1.00 bits per heavy atom. The van der Waals surface area contributed by atoms with Crippen LogP contribution in [0.5, 0.6) is 5.75 Å². The van der Waals surface area contributed by atoms with Gasteiger partial charge in [-0.05, 0) is 37.9 Å². The summed E-state index contributed by atoms with van der Waals surface area (Å²) >= 11 is 0. The third-order valence-electron chi connectivity index (χ3n) is 8.68. The lowest BCUT2D eigenvalue weighted by molar-refractivity contribution is -0.141. The van der Waals surface area contributed by atoms with Crippen molar-refractivity contribution in [2.45, 2.75) is 38.1 Å². The van der Waals surface area contributed by atoms with Gasteiger partial charge < -0.3 is 39.4 Å². The van der Waals surface area contributed by atoms with Crippen LogP contribution in [-0.4, -0.2) is 122 Å². The third-order valence-corrected chi connectivity index (χ3v) is 8.68. The molecule has 1 atom stereocenters. The summed E-state index contributed by atoms with van der Waals surface area (Å²) in [5.41, 5.74) is 1.00.